The van der Waals surface area contributed by atoms with Crippen molar-refractivity contribution in [3.8, 4) is 0 Å². The second kappa shape index (κ2) is 7.56. The highest BCUT2D eigenvalue weighted by molar-refractivity contribution is 6.09. The van der Waals surface area contributed by atoms with Crippen molar-refractivity contribution < 1.29 is 14.0 Å². The summed E-state index contributed by atoms with van der Waals surface area (Å²) in [4.78, 5) is 29.1. The molecule has 1 amide bonds. The van der Waals surface area contributed by atoms with E-state index in [-0.39, 0.29) is 11.8 Å². The van der Waals surface area contributed by atoms with Crippen LogP contribution < -0.4 is 0 Å². The number of halogens is 1. The summed E-state index contributed by atoms with van der Waals surface area (Å²) in [6.07, 6.45) is 1.53. The van der Waals surface area contributed by atoms with Crippen molar-refractivity contribution in [1.82, 2.24) is 14.4 Å². The number of carbonyl (C=O) groups excluding carboxylic acids is 2. The SMILES string of the molecule is CC(=O)n1cc(C(=O)N2CCN(Cc3ccccc3)CC2)c2cc(F)ccc21. The Balaban J connectivity index is 1.51. The molecule has 0 aliphatic carbocycles. The van der Waals surface area contributed by atoms with E-state index in [2.05, 4.69) is 17.0 Å². The van der Waals surface area contributed by atoms with Gasteiger partial charge in [0.1, 0.15) is 5.82 Å². The third-order valence-electron chi connectivity index (χ3n) is 5.24. The molecule has 1 saturated heterocycles. The van der Waals surface area contributed by atoms with E-state index in [9.17, 15) is 14.0 Å². The lowest BCUT2D eigenvalue weighted by atomic mass is 10.1. The molecule has 1 fully saturated rings. The second-order valence-electron chi connectivity index (χ2n) is 7.15. The van der Waals surface area contributed by atoms with Crippen LogP contribution in [0.4, 0.5) is 4.39 Å². The van der Waals surface area contributed by atoms with Crippen LogP contribution in [0, 0.1) is 5.82 Å². The number of aromatic nitrogens is 1. The van der Waals surface area contributed by atoms with Gasteiger partial charge in [0.15, 0.2) is 0 Å². The molecule has 0 atom stereocenters. The quantitative estimate of drug-likeness (QED) is 0.701. The molecule has 1 aliphatic heterocycles. The van der Waals surface area contributed by atoms with E-state index in [4.69, 9.17) is 0 Å². The van der Waals surface area contributed by atoms with Gasteiger partial charge in [0, 0.05) is 51.2 Å². The highest BCUT2D eigenvalue weighted by atomic mass is 19.1. The number of fused-ring (bicyclic) bond motifs is 1. The molecule has 0 N–H and O–H groups in total. The van der Waals surface area contributed by atoms with Crippen LogP contribution in [0.5, 0.6) is 0 Å². The first kappa shape index (κ1) is 18.4. The highest BCUT2D eigenvalue weighted by Gasteiger charge is 2.25. The number of benzene rings is 2. The molecule has 0 radical (unpaired) electrons. The van der Waals surface area contributed by atoms with Crippen LogP contribution in [0.25, 0.3) is 10.9 Å². The highest BCUT2D eigenvalue weighted by Crippen LogP contribution is 2.24. The topological polar surface area (TPSA) is 45.6 Å². The minimum Gasteiger partial charge on any atom is -0.336 e. The average molecular weight is 379 g/mol. The van der Waals surface area contributed by atoms with Gasteiger partial charge >= 0.3 is 0 Å². The zero-order valence-corrected chi connectivity index (χ0v) is 15.8. The molecule has 2 heterocycles. The third-order valence-corrected chi connectivity index (χ3v) is 5.24. The summed E-state index contributed by atoms with van der Waals surface area (Å²) < 4.78 is 15.2. The van der Waals surface area contributed by atoms with Gasteiger partial charge in [0.2, 0.25) is 5.91 Å². The van der Waals surface area contributed by atoms with Crippen LogP contribution >= 0.6 is 0 Å². The molecule has 4 rings (SSSR count). The number of hydrogen-bond acceptors (Lipinski definition) is 3. The van der Waals surface area contributed by atoms with E-state index >= 15 is 0 Å². The summed E-state index contributed by atoms with van der Waals surface area (Å²) in [6, 6.07) is 14.4. The molecule has 0 spiro atoms. The molecule has 0 unspecified atom stereocenters. The molecule has 28 heavy (non-hydrogen) atoms. The normalized spacial score (nSPS) is 15.1. The molecule has 0 saturated carbocycles. The lowest BCUT2D eigenvalue weighted by Gasteiger charge is -2.34. The van der Waals surface area contributed by atoms with Crippen LogP contribution in [0.2, 0.25) is 0 Å². The van der Waals surface area contributed by atoms with Crippen LogP contribution in [-0.4, -0.2) is 52.4 Å². The summed E-state index contributed by atoms with van der Waals surface area (Å²) in [7, 11) is 0. The van der Waals surface area contributed by atoms with E-state index in [0.717, 1.165) is 19.6 Å². The maximum atomic E-state index is 13.8. The summed E-state index contributed by atoms with van der Waals surface area (Å²) in [5, 5.41) is 0.479. The van der Waals surface area contributed by atoms with Gasteiger partial charge in [-0.1, -0.05) is 30.3 Å². The van der Waals surface area contributed by atoms with E-state index in [0.29, 0.717) is 29.6 Å². The Kier molecular flexibility index (Phi) is 4.96. The van der Waals surface area contributed by atoms with Crippen LogP contribution in [0.3, 0.4) is 0 Å². The van der Waals surface area contributed by atoms with E-state index < -0.39 is 5.82 Å². The predicted molar refractivity (Wildman–Crippen MR) is 106 cm³/mol. The zero-order valence-electron chi connectivity index (χ0n) is 15.8. The number of hydrogen-bond donors (Lipinski definition) is 0. The Morgan fingerprint density at radius 3 is 2.39 bits per heavy atom. The molecular weight excluding hydrogens is 357 g/mol. The fourth-order valence-corrected chi connectivity index (χ4v) is 3.75. The molecule has 6 heteroatoms. The molecule has 1 aliphatic rings. The predicted octanol–water partition coefficient (Wildman–Crippen LogP) is 3.40. The van der Waals surface area contributed by atoms with Gasteiger partial charge in [-0.15, -0.1) is 0 Å². The maximum Gasteiger partial charge on any atom is 0.256 e. The first-order chi connectivity index (χ1) is 13.5. The Morgan fingerprint density at radius 2 is 1.71 bits per heavy atom. The van der Waals surface area contributed by atoms with Gasteiger partial charge in [0.25, 0.3) is 5.91 Å². The van der Waals surface area contributed by atoms with Gasteiger partial charge in [-0.2, -0.15) is 0 Å². The van der Waals surface area contributed by atoms with Crippen molar-refractivity contribution in [1.29, 1.82) is 0 Å². The van der Waals surface area contributed by atoms with Gasteiger partial charge in [-0.3, -0.25) is 19.1 Å². The van der Waals surface area contributed by atoms with Crippen molar-refractivity contribution >= 4 is 22.7 Å². The van der Waals surface area contributed by atoms with Crippen LogP contribution in [0.1, 0.15) is 27.6 Å². The van der Waals surface area contributed by atoms with Crippen molar-refractivity contribution in [2.45, 2.75) is 13.5 Å². The van der Waals surface area contributed by atoms with Crippen molar-refractivity contribution in [2.24, 2.45) is 0 Å². The lowest BCUT2D eigenvalue weighted by Crippen LogP contribution is -2.48. The molecule has 2 aromatic carbocycles. The van der Waals surface area contributed by atoms with Gasteiger partial charge in [-0.25, -0.2) is 4.39 Å². The fourth-order valence-electron chi connectivity index (χ4n) is 3.75. The van der Waals surface area contributed by atoms with E-state index in [1.807, 2.05) is 18.2 Å². The molecule has 144 valence electrons. The van der Waals surface area contributed by atoms with E-state index in [1.54, 1.807) is 11.0 Å². The summed E-state index contributed by atoms with van der Waals surface area (Å²) in [5.74, 6) is -0.783. The smallest absolute Gasteiger partial charge is 0.256 e. The van der Waals surface area contributed by atoms with E-state index in [1.165, 1.54) is 35.4 Å². The fraction of sp³-hybridized carbons (Fsp3) is 0.273. The zero-order chi connectivity index (χ0) is 19.7. The van der Waals surface area contributed by atoms with Crippen LogP contribution in [0.15, 0.2) is 54.7 Å². The average Bonchev–Trinajstić information content (AvgIpc) is 3.08. The number of amides is 1. The first-order valence-corrected chi connectivity index (χ1v) is 9.40. The Hall–Kier alpha value is -2.99. The summed E-state index contributed by atoms with van der Waals surface area (Å²) in [6.45, 7) is 5.05. The summed E-state index contributed by atoms with van der Waals surface area (Å²) in [5.41, 5.74) is 2.18. The van der Waals surface area contributed by atoms with Gasteiger partial charge in [-0.05, 0) is 23.8 Å². The molecule has 1 aromatic heterocycles. The number of carbonyl (C=O) groups is 2. The first-order valence-electron chi connectivity index (χ1n) is 9.40. The van der Waals surface area contributed by atoms with Gasteiger partial charge < -0.3 is 4.90 Å². The Bertz CT molecular complexity index is 1020. The monoisotopic (exact) mass is 379 g/mol. The van der Waals surface area contributed by atoms with Gasteiger partial charge in [0.05, 0.1) is 11.1 Å². The molecule has 3 aromatic rings. The largest absolute Gasteiger partial charge is 0.336 e. The van der Waals surface area contributed by atoms with Crippen molar-refractivity contribution in [3.63, 3.8) is 0 Å². The maximum absolute atomic E-state index is 13.8. The minimum atomic E-state index is -0.421. The standard InChI is InChI=1S/C22H22FN3O2/c1-16(27)26-15-20(19-13-18(23)7-8-21(19)26)22(28)25-11-9-24(10-12-25)14-17-5-3-2-4-6-17/h2-8,13,15H,9-12,14H2,1H3. The minimum absolute atomic E-state index is 0.157. The summed E-state index contributed by atoms with van der Waals surface area (Å²) >= 11 is 0. The number of nitrogens with zero attached hydrogens (tertiary/aromatic N) is 3. The third kappa shape index (κ3) is 3.55. The Morgan fingerprint density at radius 1 is 1.00 bits per heavy atom. The second-order valence-corrected chi connectivity index (χ2v) is 7.15. The molecule has 5 nitrogen and oxygen atoms in total. The lowest BCUT2D eigenvalue weighted by molar-refractivity contribution is 0.0630. The number of piperazine rings is 1. The number of rotatable bonds is 3. The van der Waals surface area contributed by atoms with Crippen LogP contribution in [-0.2, 0) is 6.54 Å². The molecule has 0 bridgehead atoms. The Labute approximate surface area is 163 Å². The van der Waals surface area contributed by atoms with Crippen molar-refractivity contribution in [2.75, 3.05) is 26.2 Å². The molecular formula is C22H22FN3O2. The van der Waals surface area contributed by atoms with Crippen molar-refractivity contribution in [3.05, 3.63) is 71.7 Å².